The average Bonchev–Trinajstić information content (AvgIpc) is 2.76. The fourth-order valence-electron chi connectivity index (χ4n) is 2.59. The van der Waals surface area contributed by atoms with Gasteiger partial charge < -0.3 is 15.5 Å². The zero-order chi connectivity index (χ0) is 10.9. The van der Waals surface area contributed by atoms with Crippen molar-refractivity contribution in [3.05, 3.63) is 0 Å². The van der Waals surface area contributed by atoms with Crippen LogP contribution in [0.25, 0.3) is 0 Å². The maximum atomic E-state index is 11.8. The largest absolute Gasteiger partial charge is 0.336 e. The van der Waals surface area contributed by atoms with Gasteiger partial charge in [0.25, 0.3) is 0 Å². The number of hydrogen-bond acceptors (Lipinski definition) is 2. The minimum atomic E-state index is 0. The average molecular weight is 248 g/mol. The first kappa shape index (κ1) is 13.6. The summed E-state index contributed by atoms with van der Waals surface area (Å²) in [6.45, 7) is 8.04. The van der Waals surface area contributed by atoms with Gasteiger partial charge in [0.1, 0.15) is 0 Å². The Morgan fingerprint density at radius 2 is 2.19 bits per heavy atom. The van der Waals surface area contributed by atoms with E-state index in [9.17, 15) is 4.79 Å². The Morgan fingerprint density at radius 3 is 2.75 bits per heavy atom. The van der Waals surface area contributed by atoms with E-state index >= 15 is 0 Å². The van der Waals surface area contributed by atoms with Gasteiger partial charge in [0.05, 0.1) is 0 Å². The molecule has 1 atom stereocenters. The zero-order valence-corrected chi connectivity index (χ0v) is 10.9. The molecule has 0 aromatic rings. The molecule has 2 N–H and O–H groups in total. The van der Waals surface area contributed by atoms with E-state index in [0.29, 0.717) is 5.41 Å². The number of rotatable bonds is 1. The second-order valence-electron chi connectivity index (χ2n) is 5.20. The molecule has 2 saturated heterocycles. The third-order valence-electron chi connectivity index (χ3n) is 3.47. The van der Waals surface area contributed by atoms with Crippen LogP contribution >= 0.6 is 12.4 Å². The predicted octanol–water partition coefficient (Wildman–Crippen LogP) is 1.21. The normalized spacial score (nSPS) is 28.6. The topological polar surface area (TPSA) is 44.4 Å². The van der Waals surface area contributed by atoms with Crippen LogP contribution in [0.4, 0.5) is 4.79 Å². The molecule has 2 amide bonds. The lowest BCUT2D eigenvalue weighted by atomic mass is 9.87. The van der Waals surface area contributed by atoms with Crippen LogP contribution in [0.2, 0.25) is 0 Å². The van der Waals surface area contributed by atoms with Gasteiger partial charge >= 0.3 is 6.03 Å². The van der Waals surface area contributed by atoms with Crippen molar-refractivity contribution in [1.29, 1.82) is 0 Å². The molecule has 0 aliphatic carbocycles. The van der Waals surface area contributed by atoms with Crippen molar-refractivity contribution in [3.63, 3.8) is 0 Å². The third kappa shape index (κ3) is 2.80. The van der Waals surface area contributed by atoms with E-state index in [1.165, 1.54) is 6.42 Å². The van der Waals surface area contributed by atoms with Gasteiger partial charge in [-0.1, -0.05) is 0 Å². The van der Waals surface area contributed by atoms with Gasteiger partial charge in [-0.3, -0.25) is 0 Å². The minimum absolute atomic E-state index is 0. The van der Waals surface area contributed by atoms with Crippen molar-refractivity contribution < 1.29 is 4.79 Å². The van der Waals surface area contributed by atoms with Crippen LogP contribution in [0, 0.1) is 5.41 Å². The molecule has 1 unspecified atom stereocenters. The van der Waals surface area contributed by atoms with Crippen molar-refractivity contribution in [2.75, 3.05) is 26.2 Å². The number of likely N-dealkylation sites (tertiary alicyclic amines) is 1. The number of halogens is 1. The van der Waals surface area contributed by atoms with Crippen molar-refractivity contribution in [3.8, 4) is 0 Å². The molecular formula is C11H22ClN3O. The second kappa shape index (κ2) is 5.23. The lowest BCUT2D eigenvalue weighted by Gasteiger charge is -2.23. The molecule has 94 valence electrons. The summed E-state index contributed by atoms with van der Waals surface area (Å²) in [5.74, 6) is 0. The number of urea groups is 1. The highest BCUT2D eigenvalue weighted by Crippen LogP contribution is 2.35. The zero-order valence-electron chi connectivity index (χ0n) is 10.1. The van der Waals surface area contributed by atoms with Gasteiger partial charge in [-0.05, 0) is 33.2 Å². The summed E-state index contributed by atoms with van der Waals surface area (Å²) in [6.07, 6.45) is 2.38. The summed E-state index contributed by atoms with van der Waals surface area (Å²) in [6, 6.07) is 0.338. The van der Waals surface area contributed by atoms with E-state index in [1.54, 1.807) is 0 Å². The van der Waals surface area contributed by atoms with Crippen molar-refractivity contribution in [1.82, 2.24) is 15.5 Å². The lowest BCUT2D eigenvalue weighted by molar-refractivity contribution is 0.199. The number of hydrogen-bond donors (Lipinski definition) is 2. The van der Waals surface area contributed by atoms with E-state index in [0.717, 1.165) is 32.6 Å². The highest BCUT2D eigenvalue weighted by molar-refractivity contribution is 5.85. The molecule has 2 aliphatic heterocycles. The maximum Gasteiger partial charge on any atom is 0.317 e. The second-order valence-corrected chi connectivity index (χ2v) is 5.20. The van der Waals surface area contributed by atoms with Gasteiger partial charge in [-0.2, -0.15) is 0 Å². The van der Waals surface area contributed by atoms with Crippen molar-refractivity contribution in [2.45, 2.75) is 32.7 Å². The number of nitrogens with one attached hydrogen (secondary N) is 2. The van der Waals surface area contributed by atoms with Gasteiger partial charge in [-0.25, -0.2) is 4.79 Å². The molecule has 0 aromatic carbocycles. The van der Waals surface area contributed by atoms with Crippen LogP contribution in [-0.2, 0) is 0 Å². The summed E-state index contributed by atoms with van der Waals surface area (Å²) >= 11 is 0. The van der Waals surface area contributed by atoms with E-state index in [-0.39, 0.29) is 24.5 Å². The standard InChI is InChI=1S/C11H21N3O.ClH/c1-9(2)13-10(15)14-6-4-11(8-14)3-5-12-7-11;/h9,12H,3-8H2,1-2H3,(H,13,15);1H. The third-order valence-corrected chi connectivity index (χ3v) is 3.47. The Bertz CT molecular complexity index is 252. The van der Waals surface area contributed by atoms with E-state index in [4.69, 9.17) is 0 Å². The molecule has 0 aromatic heterocycles. The molecule has 2 fully saturated rings. The smallest absolute Gasteiger partial charge is 0.317 e. The van der Waals surface area contributed by atoms with E-state index < -0.39 is 0 Å². The molecule has 16 heavy (non-hydrogen) atoms. The Balaban J connectivity index is 0.00000128. The van der Waals surface area contributed by atoms with E-state index in [2.05, 4.69) is 10.6 Å². The summed E-state index contributed by atoms with van der Waals surface area (Å²) < 4.78 is 0. The monoisotopic (exact) mass is 247 g/mol. The number of nitrogens with zero attached hydrogens (tertiary/aromatic N) is 1. The number of carbonyl (C=O) groups excluding carboxylic acids is 1. The summed E-state index contributed by atoms with van der Waals surface area (Å²) in [7, 11) is 0. The first-order chi connectivity index (χ1) is 7.11. The van der Waals surface area contributed by atoms with Crippen LogP contribution in [0.15, 0.2) is 0 Å². The van der Waals surface area contributed by atoms with Crippen molar-refractivity contribution in [2.24, 2.45) is 5.41 Å². The quantitative estimate of drug-likeness (QED) is 0.732. The molecule has 2 aliphatic rings. The van der Waals surface area contributed by atoms with Crippen LogP contribution < -0.4 is 10.6 Å². The molecule has 5 heteroatoms. The Morgan fingerprint density at radius 1 is 1.44 bits per heavy atom. The Hall–Kier alpha value is -0.480. The van der Waals surface area contributed by atoms with Crippen LogP contribution in [0.5, 0.6) is 0 Å². The van der Waals surface area contributed by atoms with Crippen LogP contribution in [0.3, 0.4) is 0 Å². The van der Waals surface area contributed by atoms with Gasteiger partial charge in [-0.15, -0.1) is 12.4 Å². The summed E-state index contributed by atoms with van der Waals surface area (Å²) in [5.41, 5.74) is 0.383. The highest BCUT2D eigenvalue weighted by atomic mass is 35.5. The minimum Gasteiger partial charge on any atom is -0.336 e. The molecule has 2 rings (SSSR count). The first-order valence-electron chi connectivity index (χ1n) is 5.87. The predicted molar refractivity (Wildman–Crippen MR) is 67.0 cm³/mol. The fraction of sp³-hybridized carbons (Fsp3) is 0.909. The molecule has 4 nitrogen and oxygen atoms in total. The van der Waals surface area contributed by atoms with Gasteiger partial charge in [0.15, 0.2) is 0 Å². The molecule has 2 heterocycles. The number of amides is 2. The Labute approximate surface area is 104 Å². The fourth-order valence-corrected chi connectivity index (χ4v) is 2.59. The number of carbonyl (C=O) groups is 1. The van der Waals surface area contributed by atoms with Crippen molar-refractivity contribution >= 4 is 18.4 Å². The van der Waals surface area contributed by atoms with Gasteiger partial charge in [0, 0.05) is 31.1 Å². The highest BCUT2D eigenvalue weighted by Gasteiger charge is 2.41. The van der Waals surface area contributed by atoms with Crippen LogP contribution in [0.1, 0.15) is 26.7 Å². The molecule has 0 radical (unpaired) electrons. The molecule has 0 saturated carbocycles. The first-order valence-corrected chi connectivity index (χ1v) is 5.87. The lowest BCUT2D eigenvalue weighted by Crippen LogP contribution is -2.43. The molecule has 0 bridgehead atoms. The Kier molecular flexibility index (Phi) is 4.44. The van der Waals surface area contributed by atoms with E-state index in [1.807, 2.05) is 18.7 Å². The van der Waals surface area contributed by atoms with Crippen LogP contribution in [-0.4, -0.2) is 43.2 Å². The molecular weight excluding hydrogens is 226 g/mol. The SMILES string of the molecule is CC(C)NC(=O)N1CCC2(CCNC2)C1.Cl. The maximum absolute atomic E-state index is 11.8. The summed E-state index contributed by atoms with van der Waals surface area (Å²) in [5, 5.41) is 6.35. The molecule has 1 spiro atoms. The summed E-state index contributed by atoms with van der Waals surface area (Å²) in [4.78, 5) is 13.8. The van der Waals surface area contributed by atoms with Gasteiger partial charge in [0.2, 0.25) is 0 Å².